The first-order valence-electron chi connectivity index (χ1n) is 3.88. The summed E-state index contributed by atoms with van der Waals surface area (Å²) in [5.74, 6) is -4.73. The van der Waals surface area contributed by atoms with E-state index in [1.165, 1.54) is 6.92 Å². The number of phenols is 2. The Morgan fingerprint density at radius 2 is 1.86 bits per heavy atom. The Balaban J connectivity index is 3.32. The van der Waals surface area contributed by atoms with E-state index in [2.05, 4.69) is 0 Å². The molecule has 0 fully saturated rings. The Hall–Kier alpha value is -1.78. The highest BCUT2D eigenvalue weighted by atomic mass is 19.1. The summed E-state index contributed by atoms with van der Waals surface area (Å²) in [4.78, 5) is 10.6. The third-order valence-electron chi connectivity index (χ3n) is 1.94. The Labute approximate surface area is 79.2 Å². The Morgan fingerprint density at radius 3 is 2.36 bits per heavy atom. The van der Waals surface area contributed by atoms with Gasteiger partial charge in [-0.05, 0) is 19.1 Å². The van der Waals surface area contributed by atoms with Gasteiger partial charge in [0.2, 0.25) is 0 Å². The standard InChI is InChI=1S/C9H9FO4/c1-4(9(13)14)7-5(11)2-3-6(12)8(7)10/h2-4,11-12H,1H3,(H,13,14). The molecule has 3 N–H and O–H groups in total. The Kier molecular flexibility index (Phi) is 2.60. The van der Waals surface area contributed by atoms with E-state index < -0.39 is 34.8 Å². The number of carbonyl (C=O) groups is 1. The second kappa shape index (κ2) is 3.53. The number of hydrogen-bond donors (Lipinski definition) is 3. The summed E-state index contributed by atoms with van der Waals surface area (Å²) in [6.45, 7) is 1.22. The monoisotopic (exact) mass is 200 g/mol. The molecule has 1 unspecified atom stereocenters. The summed E-state index contributed by atoms with van der Waals surface area (Å²) in [5.41, 5.74) is -0.405. The van der Waals surface area contributed by atoms with E-state index in [4.69, 9.17) is 10.2 Å². The van der Waals surface area contributed by atoms with Crippen LogP contribution in [0.1, 0.15) is 18.4 Å². The van der Waals surface area contributed by atoms with E-state index in [9.17, 15) is 14.3 Å². The molecule has 76 valence electrons. The van der Waals surface area contributed by atoms with Crippen LogP contribution in [0.5, 0.6) is 11.5 Å². The zero-order valence-electron chi connectivity index (χ0n) is 7.36. The lowest BCUT2D eigenvalue weighted by atomic mass is 9.99. The van der Waals surface area contributed by atoms with Gasteiger partial charge in [0.25, 0.3) is 0 Å². The largest absolute Gasteiger partial charge is 0.508 e. The van der Waals surface area contributed by atoms with Gasteiger partial charge in [0.15, 0.2) is 11.6 Å². The molecule has 0 saturated carbocycles. The Morgan fingerprint density at radius 1 is 1.36 bits per heavy atom. The molecule has 0 saturated heterocycles. The molecule has 1 atom stereocenters. The molecule has 0 aliphatic carbocycles. The lowest BCUT2D eigenvalue weighted by molar-refractivity contribution is -0.138. The van der Waals surface area contributed by atoms with Crippen molar-refractivity contribution in [3.63, 3.8) is 0 Å². The lowest BCUT2D eigenvalue weighted by Crippen LogP contribution is -2.09. The fraction of sp³-hybridized carbons (Fsp3) is 0.222. The topological polar surface area (TPSA) is 77.8 Å². The molecule has 0 heterocycles. The maximum Gasteiger partial charge on any atom is 0.310 e. The van der Waals surface area contributed by atoms with Crippen molar-refractivity contribution in [2.45, 2.75) is 12.8 Å². The van der Waals surface area contributed by atoms with Crippen molar-refractivity contribution in [3.8, 4) is 11.5 Å². The van der Waals surface area contributed by atoms with Gasteiger partial charge in [-0.15, -0.1) is 0 Å². The molecular formula is C9H9FO4. The highest BCUT2D eigenvalue weighted by Gasteiger charge is 2.23. The summed E-state index contributed by atoms with van der Waals surface area (Å²) in [5, 5.41) is 26.8. The van der Waals surface area contributed by atoms with Crippen molar-refractivity contribution < 1.29 is 24.5 Å². The van der Waals surface area contributed by atoms with Gasteiger partial charge < -0.3 is 15.3 Å². The van der Waals surface area contributed by atoms with Crippen LogP contribution in [-0.2, 0) is 4.79 Å². The summed E-state index contributed by atoms with van der Waals surface area (Å²) in [7, 11) is 0. The van der Waals surface area contributed by atoms with Crippen molar-refractivity contribution >= 4 is 5.97 Å². The molecule has 0 aromatic heterocycles. The fourth-order valence-corrected chi connectivity index (χ4v) is 1.11. The number of carboxylic acids is 1. The van der Waals surface area contributed by atoms with Crippen LogP contribution in [0, 0.1) is 5.82 Å². The number of aliphatic carboxylic acids is 1. The van der Waals surface area contributed by atoms with Gasteiger partial charge >= 0.3 is 5.97 Å². The van der Waals surface area contributed by atoms with E-state index in [1.54, 1.807) is 0 Å². The lowest BCUT2D eigenvalue weighted by Gasteiger charge is -2.10. The molecule has 4 nitrogen and oxygen atoms in total. The van der Waals surface area contributed by atoms with Crippen LogP contribution < -0.4 is 0 Å². The fourth-order valence-electron chi connectivity index (χ4n) is 1.11. The summed E-state index contributed by atoms with van der Waals surface area (Å²) in [6.07, 6.45) is 0. The molecule has 1 rings (SSSR count). The normalized spacial score (nSPS) is 12.4. The van der Waals surface area contributed by atoms with Crippen LogP contribution in [0.3, 0.4) is 0 Å². The van der Waals surface area contributed by atoms with Gasteiger partial charge in [-0.1, -0.05) is 0 Å². The highest BCUT2D eigenvalue weighted by Crippen LogP contribution is 2.33. The van der Waals surface area contributed by atoms with Crippen LogP contribution in [0.2, 0.25) is 0 Å². The number of rotatable bonds is 2. The van der Waals surface area contributed by atoms with E-state index in [0.717, 1.165) is 12.1 Å². The summed E-state index contributed by atoms with van der Waals surface area (Å²) < 4.78 is 13.2. The summed E-state index contributed by atoms with van der Waals surface area (Å²) in [6, 6.07) is 2.01. The van der Waals surface area contributed by atoms with Gasteiger partial charge in [0.1, 0.15) is 5.75 Å². The van der Waals surface area contributed by atoms with Crippen LogP contribution in [-0.4, -0.2) is 21.3 Å². The molecule has 0 spiro atoms. The molecule has 0 amide bonds. The smallest absolute Gasteiger partial charge is 0.310 e. The van der Waals surface area contributed by atoms with Crippen molar-refractivity contribution in [1.82, 2.24) is 0 Å². The molecule has 14 heavy (non-hydrogen) atoms. The van der Waals surface area contributed by atoms with Crippen LogP contribution in [0.15, 0.2) is 12.1 Å². The zero-order chi connectivity index (χ0) is 10.9. The average Bonchev–Trinajstić information content (AvgIpc) is 2.12. The number of phenolic OH excluding ortho intramolecular Hbond substituents is 2. The SMILES string of the molecule is CC(C(=O)O)c1c(O)ccc(O)c1F. The third-order valence-corrected chi connectivity index (χ3v) is 1.94. The highest BCUT2D eigenvalue weighted by molar-refractivity contribution is 5.77. The first-order valence-corrected chi connectivity index (χ1v) is 3.88. The quantitative estimate of drug-likeness (QED) is 0.631. The average molecular weight is 200 g/mol. The minimum Gasteiger partial charge on any atom is -0.508 e. The first kappa shape index (κ1) is 10.3. The molecule has 1 aromatic carbocycles. The van der Waals surface area contributed by atoms with Crippen molar-refractivity contribution in [2.75, 3.05) is 0 Å². The molecule has 5 heteroatoms. The number of hydrogen-bond acceptors (Lipinski definition) is 3. The van der Waals surface area contributed by atoms with E-state index in [0.29, 0.717) is 0 Å². The third kappa shape index (κ3) is 1.61. The number of halogens is 1. The number of carboxylic acid groups (broad SMARTS) is 1. The molecule has 0 aliphatic heterocycles. The van der Waals surface area contributed by atoms with Gasteiger partial charge in [-0.2, -0.15) is 0 Å². The maximum atomic E-state index is 13.2. The minimum atomic E-state index is -1.27. The predicted octanol–water partition coefficient (Wildman–Crippen LogP) is 1.42. The van der Waals surface area contributed by atoms with E-state index >= 15 is 0 Å². The second-order valence-corrected chi connectivity index (χ2v) is 2.89. The van der Waals surface area contributed by atoms with Crippen molar-refractivity contribution in [1.29, 1.82) is 0 Å². The van der Waals surface area contributed by atoms with Gasteiger partial charge in [0.05, 0.1) is 5.92 Å². The molecule has 0 aliphatic rings. The first-order chi connectivity index (χ1) is 6.45. The van der Waals surface area contributed by atoms with Crippen LogP contribution in [0.25, 0.3) is 0 Å². The van der Waals surface area contributed by atoms with Crippen LogP contribution >= 0.6 is 0 Å². The van der Waals surface area contributed by atoms with E-state index in [-0.39, 0.29) is 0 Å². The second-order valence-electron chi connectivity index (χ2n) is 2.89. The minimum absolute atomic E-state index is 0.405. The molecule has 0 bridgehead atoms. The van der Waals surface area contributed by atoms with Crippen molar-refractivity contribution in [3.05, 3.63) is 23.5 Å². The summed E-state index contributed by atoms with van der Waals surface area (Å²) >= 11 is 0. The van der Waals surface area contributed by atoms with Crippen LogP contribution in [0.4, 0.5) is 4.39 Å². The molecular weight excluding hydrogens is 191 g/mol. The number of benzene rings is 1. The van der Waals surface area contributed by atoms with Crippen molar-refractivity contribution in [2.24, 2.45) is 0 Å². The van der Waals surface area contributed by atoms with Gasteiger partial charge in [-0.25, -0.2) is 4.39 Å². The number of aromatic hydroxyl groups is 2. The predicted molar refractivity (Wildman–Crippen MR) is 45.8 cm³/mol. The van der Waals surface area contributed by atoms with Gasteiger partial charge in [0, 0.05) is 5.56 Å². The maximum absolute atomic E-state index is 13.2. The molecule has 1 aromatic rings. The zero-order valence-corrected chi connectivity index (χ0v) is 7.36. The van der Waals surface area contributed by atoms with E-state index in [1.807, 2.05) is 0 Å². The molecule has 0 radical (unpaired) electrons. The Bertz CT molecular complexity index is 375. The van der Waals surface area contributed by atoms with Gasteiger partial charge in [-0.3, -0.25) is 4.79 Å².